The molecule has 2 saturated heterocycles. The van der Waals surface area contributed by atoms with Gasteiger partial charge in [-0.3, -0.25) is 19.4 Å². The smallest absolute Gasteiger partial charge is 0.246 e. The minimum atomic E-state index is -1.22. The highest BCUT2D eigenvalue weighted by Gasteiger charge is 2.64. The van der Waals surface area contributed by atoms with Crippen LogP contribution in [0.5, 0.6) is 0 Å². The van der Waals surface area contributed by atoms with Gasteiger partial charge in [0.15, 0.2) is 10.5 Å². The first-order chi connectivity index (χ1) is 12.3. The zero-order valence-electron chi connectivity index (χ0n) is 15.4. The number of anilines is 1. The third kappa shape index (κ3) is 2.10. The number of carbonyl (C=O) groups is 2. The quantitative estimate of drug-likeness (QED) is 0.509. The number of para-hydroxylation sites is 1. The molecule has 0 radical (unpaired) electrons. The molecule has 26 heavy (non-hydrogen) atoms. The molecule has 0 bridgehead atoms. The summed E-state index contributed by atoms with van der Waals surface area (Å²) in [7, 11) is 3.30. The van der Waals surface area contributed by atoms with E-state index in [0.29, 0.717) is 13.0 Å². The van der Waals surface area contributed by atoms with Gasteiger partial charge in [-0.15, -0.1) is 0 Å². The van der Waals surface area contributed by atoms with Crippen molar-refractivity contribution in [2.24, 2.45) is 5.41 Å². The Morgan fingerprint density at radius 3 is 2.38 bits per heavy atom. The summed E-state index contributed by atoms with van der Waals surface area (Å²) in [6.07, 6.45) is 0.129. The number of fused-ring (bicyclic) bond motifs is 4. The number of carbonyl (C=O) groups excluding carboxylic acids is 2. The van der Waals surface area contributed by atoms with Crippen LogP contribution in [-0.4, -0.2) is 65.6 Å². The molecule has 0 aliphatic carbocycles. The molecule has 4 rings (SSSR count). The van der Waals surface area contributed by atoms with Crippen molar-refractivity contribution in [1.82, 2.24) is 9.80 Å². The Balaban J connectivity index is 1.94. The molecule has 0 N–H and O–H groups in total. The molecular formula is C19H23N3O3S. The van der Waals surface area contributed by atoms with Crippen LogP contribution in [0.3, 0.4) is 0 Å². The van der Waals surface area contributed by atoms with E-state index < -0.39 is 5.41 Å². The molecule has 7 heteroatoms. The Morgan fingerprint density at radius 1 is 1.12 bits per heavy atom. The molecule has 2 fully saturated rings. The molecule has 2 amide bonds. The summed E-state index contributed by atoms with van der Waals surface area (Å²) >= 11 is 5.30. The maximum absolute atomic E-state index is 13.5. The van der Waals surface area contributed by atoms with Crippen LogP contribution in [0, 0.1) is 5.41 Å². The number of ether oxygens (including phenoxy) is 1. The van der Waals surface area contributed by atoms with Crippen molar-refractivity contribution in [2.75, 3.05) is 25.5 Å². The van der Waals surface area contributed by atoms with Gasteiger partial charge in [-0.25, -0.2) is 0 Å². The van der Waals surface area contributed by atoms with Crippen molar-refractivity contribution in [3.05, 3.63) is 29.8 Å². The van der Waals surface area contributed by atoms with Crippen LogP contribution in [0.2, 0.25) is 0 Å². The largest absolute Gasteiger partial charge is 0.372 e. The highest BCUT2D eigenvalue weighted by molar-refractivity contribution is 7.80. The predicted octanol–water partition coefficient (Wildman–Crippen LogP) is 1.43. The summed E-state index contributed by atoms with van der Waals surface area (Å²) in [5, 5.41) is 0.244. The molecule has 1 aromatic carbocycles. The summed E-state index contributed by atoms with van der Waals surface area (Å²) in [4.78, 5) is 32.0. The van der Waals surface area contributed by atoms with E-state index in [-0.39, 0.29) is 35.2 Å². The average Bonchev–Trinajstić information content (AvgIpc) is 2.62. The van der Waals surface area contributed by atoms with E-state index in [9.17, 15) is 9.59 Å². The topological polar surface area (TPSA) is 53.1 Å². The van der Waals surface area contributed by atoms with Gasteiger partial charge in [-0.2, -0.15) is 0 Å². The lowest BCUT2D eigenvalue weighted by Crippen LogP contribution is -2.75. The van der Waals surface area contributed by atoms with Crippen LogP contribution in [0.1, 0.15) is 19.4 Å². The van der Waals surface area contributed by atoms with Gasteiger partial charge < -0.3 is 9.64 Å². The lowest BCUT2D eigenvalue weighted by atomic mass is 9.66. The fourth-order valence-corrected chi connectivity index (χ4v) is 5.05. The number of rotatable bonds is 0. The van der Waals surface area contributed by atoms with Gasteiger partial charge in [0.05, 0.1) is 18.2 Å². The Hall–Kier alpha value is -1.99. The molecule has 0 saturated carbocycles. The Morgan fingerprint density at radius 2 is 1.73 bits per heavy atom. The van der Waals surface area contributed by atoms with Crippen molar-refractivity contribution >= 4 is 34.8 Å². The van der Waals surface area contributed by atoms with Gasteiger partial charge in [0.25, 0.3) is 0 Å². The number of hydrogen-bond acceptors (Lipinski definition) is 5. The minimum absolute atomic E-state index is 0.0230. The second-order valence-corrected chi connectivity index (χ2v) is 7.90. The molecule has 3 aliphatic rings. The van der Waals surface area contributed by atoms with Gasteiger partial charge >= 0.3 is 0 Å². The summed E-state index contributed by atoms with van der Waals surface area (Å²) in [6, 6.07) is 7.66. The number of nitrogens with zero attached hydrogens (tertiary/aromatic N) is 3. The van der Waals surface area contributed by atoms with E-state index in [4.69, 9.17) is 17.0 Å². The summed E-state index contributed by atoms with van der Waals surface area (Å²) in [5.41, 5.74) is 0.880. The standard InChI is InChI=1S/C19H23N3O3S/c1-11-10-22-14-8-6-5-7-13(14)9-19(15(22)12(2)25-11)16(23)20(3)18(26)21(4)17(19)24/h5-8,11-12,15H,9-10H2,1-4H3/t11-,12+,15+/m1/s1. The third-order valence-corrected chi connectivity index (χ3v) is 6.45. The lowest BCUT2D eigenvalue weighted by molar-refractivity contribution is -0.164. The van der Waals surface area contributed by atoms with Crippen LogP contribution in [0.4, 0.5) is 5.69 Å². The van der Waals surface area contributed by atoms with Gasteiger partial charge in [0, 0.05) is 26.3 Å². The monoisotopic (exact) mass is 373 g/mol. The van der Waals surface area contributed by atoms with E-state index >= 15 is 0 Å². The zero-order chi connectivity index (χ0) is 18.8. The van der Waals surface area contributed by atoms with E-state index in [1.807, 2.05) is 32.0 Å². The Bertz CT molecular complexity index is 787. The van der Waals surface area contributed by atoms with Gasteiger partial charge in [-0.05, 0) is 44.1 Å². The van der Waals surface area contributed by atoms with E-state index in [0.717, 1.165) is 11.3 Å². The van der Waals surface area contributed by atoms with Crippen molar-refractivity contribution in [2.45, 2.75) is 38.5 Å². The molecule has 1 spiro atoms. The van der Waals surface area contributed by atoms with E-state index in [2.05, 4.69) is 11.0 Å². The highest BCUT2D eigenvalue weighted by atomic mass is 32.1. The van der Waals surface area contributed by atoms with Crippen molar-refractivity contribution < 1.29 is 14.3 Å². The van der Waals surface area contributed by atoms with Crippen LogP contribution in [-0.2, 0) is 20.7 Å². The second-order valence-electron chi connectivity index (χ2n) is 7.54. The fourth-order valence-electron chi connectivity index (χ4n) is 4.88. The summed E-state index contributed by atoms with van der Waals surface area (Å²) in [6.45, 7) is 4.62. The lowest BCUT2D eigenvalue weighted by Gasteiger charge is -2.57. The van der Waals surface area contributed by atoms with E-state index in [1.54, 1.807) is 14.1 Å². The number of benzene rings is 1. The molecule has 6 nitrogen and oxygen atoms in total. The fraction of sp³-hybridized carbons (Fsp3) is 0.526. The molecule has 0 unspecified atom stereocenters. The molecule has 0 aromatic heterocycles. The SMILES string of the molecule is C[C@@H]1CN2c3ccccc3CC3(C(=O)N(C)C(=S)N(C)C3=O)[C@@H]2[C@H](C)O1. The summed E-state index contributed by atoms with van der Waals surface area (Å²) in [5.74, 6) is -0.472. The molecule has 3 heterocycles. The zero-order valence-corrected chi connectivity index (χ0v) is 16.2. The number of amides is 2. The van der Waals surface area contributed by atoms with Gasteiger partial charge in [-0.1, -0.05) is 18.2 Å². The van der Waals surface area contributed by atoms with Crippen LogP contribution in [0.15, 0.2) is 24.3 Å². The Kier molecular flexibility index (Phi) is 3.86. The minimum Gasteiger partial charge on any atom is -0.372 e. The third-order valence-electron chi connectivity index (χ3n) is 5.90. The van der Waals surface area contributed by atoms with Crippen molar-refractivity contribution in [3.8, 4) is 0 Å². The number of morpholine rings is 1. The van der Waals surface area contributed by atoms with E-state index in [1.165, 1.54) is 9.80 Å². The first kappa shape index (κ1) is 17.4. The summed E-state index contributed by atoms with van der Waals surface area (Å²) < 4.78 is 6.08. The van der Waals surface area contributed by atoms with Crippen molar-refractivity contribution in [3.63, 3.8) is 0 Å². The maximum atomic E-state index is 13.5. The Labute approximate surface area is 158 Å². The maximum Gasteiger partial charge on any atom is 0.246 e. The first-order valence-corrected chi connectivity index (χ1v) is 9.30. The van der Waals surface area contributed by atoms with Gasteiger partial charge in [0.2, 0.25) is 11.8 Å². The molecule has 138 valence electrons. The number of thiocarbonyl (C=S) groups is 1. The number of hydrogen-bond donors (Lipinski definition) is 0. The van der Waals surface area contributed by atoms with Crippen LogP contribution in [0.25, 0.3) is 0 Å². The molecule has 3 atom stereocenters. The molecule has 3 aliphatic heterocycles. The predicted molar refractivity (Wildman–Crippen MR) is 102 cm³/mol. The second kappa shape index (κ2) is 5.76. The first-order valence-electron chi connectivity index (χ1n) is 8.89. The van der Waals surface area contributed by atoms with Gasteiger partial charge in [0.1, 0.15) is 0 Å². The average molecular weight is 373 g/mol. The van der Waals surface area contributed by atoms with Crippen molar-refractivity contribution in [1.29, 1.82) is 0 Å². The molecular weight excluding hydrogens is 350 g/mol. The normalized spacial score (nSPS) is 30.5. The molecule has 1 aromatic rings. The van der Waals surface area contributed by atoms with Crippen LogP contribution < -0.4 is 4.90 Å². The highest BCUT2D eigenvalue weighted by Crippen LogP contribution is 2.48. The van der Waals surface area contributed by atoms with Crippen LogP contribution >= 0.6 is 12.2 Å².